The van der Waals surface area contributed by atoms with Gasteiger partial charge in [0.2, 0.25) is 0 Å². The first-order chi connectivity index (χ1) is 27.9. The molecule has 21 heteroatoms. The molecule has 0 spiro atoms. The van der Waals surface area contributed by atoms with E-state index in [1.165, 1.54) is 6.07 Å². The molecular formula is C38H46O20S. The van der Waals surface area contributed by atoms with Crippen LogP contribution in [-0.2, 0) is 80.9 Å². The van der Waals surface area contributed by atoms with Gasteiger partial charge >= 0.3 is 47.4 Å². The van der Waals surface area contributed by atoms with E-state index < -0.39 is 121 Å². The summed E-state index contributed by atoms with van der Waals surface area (Å²) in [5.41, 5.74) is -1.24. The van der Waals surface area contributed by atoms with E-state index in [0.717, 1.165) is 60.2 Å². The minimum absolute atomic E-state index is 0.194. The molecule has 0 N–H and O–H groups in total. The van der Waals surface area contributed by atoms with Gasteiger partial charge in [-0.15, -0.1) is 11.8 Å². The lowest BCUT2D eigenvalue weighted by atomic mass is 9.96. The van der Waals surface area contributed by atoms with Gasteiger partial charge in [-0.25, -0.2) is 4.79 Å². The summed E-state index contributed by atoms with van der Waals surface area (Å²) in [6, 6.07) is 7.97. The van der Waals surface area contributed by atoms with Crippen molar-refractivity contribution in [2.45, 2.75) is 115 Å². The van der Waals surface area contributed by atoms with E-state index in [-0.39, 0.29) is 6.61 Å². The first-order valence-electron chi connectivity index (χ1n) is 18.3. The molecule has 0 bridgehead atoms. The van der Waals surface area contributed by atoms with Gasteiger partial charge < -0.3 is 56.5 Å². The first kappa shape index (κ1) is 46.4. The second kappa shape index (κ2) is 21.7. The zero-order valence-corrected chi connectivity index (χ0v) is 34.1. The molecule has 0 aliphatic carbocycles. The van der Waals surface area contributed by atoms with Crippen LogP contribution in [0.15, 0.2) is 39.5 Å². The van der Waals surface area contributed by atoms with Crippen LogP contribution in [0.5, 0.6) is 5.75 Å². The molecule has 324 valence electrons. The summed E-state index contributed by atoms with van der Waals surface area (Å²) in [6.45, 7) is 6.70. The highest BCUT2D eigenvalue weighted by Crippen LogP contribution is 2.38. The van der Waals surface area contributed by atoms with Gasteiger partial charge in [0, 0.05) is 66.0 Å². The number of hydrogen-bond donors (Lipinski definition) is 0. The lowest BCUT2D eigenvalue weighted by Crippen LogP contribution is -2.66. The second-order valence-corrected chi connectivity index (χ2v) is 14.4. The van der Waals surface area contributed by atoms with E-state index in [4.69, 9.17) is 56.5 Å². The molecule has 1 aromatic carbocycles. The van der Waals surface area contributed by atoms with Crippen molar-refractivity contribution in [2.75, 3.05) is 25.6 Å². The third kappa shape index (κ3) is 13.9. The number of carbonyl (C=O) groups is 7. The smallest absolute Gasteiger partial charge is 0.336 e. The molecule has 20 nitrogen and oxygen atoms in total. The van der Waals surface area contributed by atoms with E-state index in [2.05, 4.69) is 0 Å². The summed E-state index contributed by atoms with van der Waals surface area (Å²) in [7, 11) is 0. The summed E-state index contributed by atoms with van der Waals surface area (Å²) in [6.07, 6.45) is -13.4. The molecule has 2 aromatic rings. The molecule has 59 heavy (non-hydrogen) atoms. The number of benzene rings is 1. The van der Waals surface area contributed by atoms with E-state index >= 15 is 0 Å². The fourth-order valence-electron chi connectivity index (χ4n) is 6.19. The Bertz CT molecular complexity index is 1900. The van der Waals surface area contributed by atoms with Gasteiger partial charge in [0.15, 0.2) is 36.8 Å². The van der Waals surface area contributed by atoms with Gasteiger partial charge in [-0.05, 0) is 30.4 Å². The van der Waals surface area contributed by atoms with Gasteiger partial charge in [-0.1, -0.05) is 0 Å². The maximum absolute atomic E-state index is 12.7. The molecule has 2 aliphatic heterocycles. The Morgan fingerprint density at radius 3 is 1.68 bits per heavy atom. The number of carbonyl (C=O) groups excluding carboxylic acids is 7. The summed E-state index contributed by atoms with van der Waals surface area (Å²) in [5, 5.41) is 0.709. The fraction of sp³-hybridized carbons (Fsp3) is 0.579. The van der Waals surface area contributed by atoms with E-state index in [9.17, 15) is 38.4 Å². The van der Waals surface area contributed by atoms with E-state index in [1.54, 1.807) is 24.3 Å². The van der Waals surface area contributed by atoms with Gasteiger partial charge in [0.05, 0.1) is 6.61 Å². The Morgan fingerprint density at radius 2 is 1.10 bits per heavy atom. The van der Waals surface area contributed by atoms with E-state index in [0.29, 0.717) is 28.9 Å². The quantitative estimate of drug-likeness (QED) is 0.0953. The Morgan fingerprint density at radius 1 is 0.593 bits per heavy atom. The highest BCUT2D eigenvalue weighted by Gasteiger charge is 2.57. The molecule has 2 fully saturated rings. The van der Waals surface area contributed by atoms with Crippen molar-refractivity contribution in [1.82, 2.24) is 0 Å². The zero-order chi connectivity index (χ0) is 43.4. The molecule has 0 unspecified atom stereocenters. The number of thioether (sulfide) groups is 1. The third-order valence-electron chi connectivity index (χ3n) is 8.32. The highest BCUT2D eigenvalue weighted by molar-refractivity contribution is 7.99. The van der Waals surface area contributed by atoms with Crippen molar-refractivity contribution in [1.29, 1.82) is 0 Å². The Kier molecular flexibility index (Phi) is 17.1. The summed E-state index contributed by atoms with van der Waals surface area (Å²) in [4.78, 5) is 97.9. The maximum Gasteiger partial charge on any atom is 0.336 e. The number of rotatable bonds is 17. The molecule has 1 aromatic heterocycles. The topological polar surface area (TPSA) is 251 Å². The molecule has 0 radical (unpaired) electrons. The Hall–Kier alpha value is -5.25. The van der Waals surface area contributed by atoms with Crippen LogP contribution in [0.3, 0.4) is 0 Å². The van der Waals surface area contributed by atoms with Crippen LogP contribution < -0.4 is 10.4 Å². The van der Waals surface area contributed by atoms with Crippen molar-refractivity contribution in [3.63, 3.8) is 0 Å². The SMILES string of the molecule is CC(=O)OC[C@H]1O[C@@H](O[C@H]2[C@H](OC(C)=O)[C@@H](OC(C)=O)[C@H](SCCCOc3ccc4ccc(=O)oc4c3)O[C@@H]2COC(C)=O)[C@H](OC(C)=O)[C@@H](OC(C)=O)[C@H]1OC(C)=O. The molecule has 3 heterocycles. The van der Waals surface area contributed by atoms with E-state index in [1.807, 2.05) is 0 Å². The van der Waals surface area contributed by atoms with Crippen molar-refractivity contribution < 1.29 is 90.1 Å². The number of ether oxygens (including phenoxy) is 11. The predicted molar refractivity (Wildman–Crippen MR) is 198 cm³/mol. The van der Waals surface area contributed by atoms with Crippen LogP contribution >= 0.6 is 11.8 Å². The van der Waals surface area contributed by atoms with Crippen LogP contribution in [0.4, 0.5) is 0 Å². The number of hydrogen-bond acceptors (Lipinski definition) is 21. The average Bonchev–Trinajstić information content (AvgIpc) is 3.13. The number of fused-ring (bicyclic) bond motifs is 1. The minimum atomic E-state index is -1.79. The average molecular weight is 855 g/mol. The lowest BCUT2D eigenvalue weighted by molar-refractivity contribution is -0.341. The van der Waals surface area contributed by atoms with Crippen LogP contribution in [0.25, 0.3) is 11.0 Å². The van der Waals surface area contributed by atoms with Crippen LogP contribution in [0.2, 0.25) is 0 Å². The molecule has 4 rings (SSSR count). The maximum atomic E-state index is 12.7. The van der Waals surface area contributed by atoms with Gasteiger partial charge in [0.1, 0.15) is 48.3 Å². The molecule has 2 saturated heterocycles. The third-order valence-corrected chi connectivity index (χ3v) is 9.55. The van der Waals surface area contributed by atoms with Crippen molar-refractivity contribution in [3.8, 4) is 5.75 Å². The van der Waals surface area contributed by atoms with Crippen molar-refractivity contribution >= 4 is 64.5 Å². The summed E-state index contributed by atoms with van der Waals surface area (Å²) in [5.74, 6) is -5.01. The Labute approximate surface area is 341 Å². The standard InChI is InChI=1S/C38H46O20S/c1-18(39)48-16-28-31(50-20(3)41)33(51-21(4)42)35(53-23(6)44)37(56-28)58-32-29(17-49-19(2)40)57-38(36(54-24(7)45)34(32)52-22(5)43)59-14-8-13-47-26-11-9-25-10-12-30(46)55-27(25)15-26/h9-12,15,28-29,31-38H,8,13-14,16-17H2,1-7H3/t28-,29-,31+,32-,33+,34+,35-,36-,37+,38+/m1/s1. The Balaban J connectivity index is 1.66. The molecule has 10 atom stereocenters. The highest BCUT2D eigenvalue weighted by atomic mass is 32.2. The second-order valence-electron chi connectivity index (χ2n) is 13.2. The van der Waals surface area contributed by atoms with Crippen LogP contribution in [0, 0.1) is 0 Å². The first-order valence-corrected chi connectivity index (χ1v) is 19.3. The monoisotopic (exact) mass is 854 g/mol. The molecule has 2 aliphatic rings. The lowest BCUT2D eigenvalue weighted by Gasteiger charge is -2.48. The van der Waals surface area contributed by atoms with Crippen molar-refractivity contribution in [2.24, 2.45) is 0 Å². The molecule has 0 saturated carbocycles. The molecular weight excluding hydrogens is 808 g/mol. The van der Waals surface area contributed by atoms with Crippen molar-refractivity contribution in [3.05, 3.63) is 40.8 Å². The number of esters is 7. The largest absolute Gasteiger partial charge is 0.493 e. The summed E-state index contributed by atoms with van der Waals surface area (Å²) < 4.78 is 68.2. The molecule has 0 amide bonds. The predicted octanol–water partition coefficient (Wildman–Crippen LogP) is 1.91. The van der Waals surface area contributed by atoms with Crippen LogP contribution in [-0.4, -0.2) is 128 Å². The zero-order valence-electron chi connectivity index (χ0n) is 33.3. The van der Waals surface area contributed by atoms with Gasteiger partial charge in [-0.2, -0.15) is 0 Å². The normalized spacial score (nSPS) is 26.4. The van der Waals surface area contributed by atoms with Crippen LogP contribution in [0.1, 0.15) is 54.9 Å². The fourth-order valence-corrected chi connectivity index (χ4v) is 7.32. The van der Waals surface area contributed by atoms with Gasteiger partial charge in [0.25, 0.3) is 0 Å². The van der Waals surface area contributed by atoms with Gasteiger partial charge in [-0.3, -0.25) is 33.6 Å². The summed E-state index contributed by atoms with van der Waals surface area (Å²) >= 11 is 1.15. The minimum Gasteiger partial charge on any atom is -0.493 e.